The van der Waals surface area contributed by atoms with Crippen molar-refractivity contribution in [2.24, 2.45) is 0 Å². The summed E-state index contributed by atoms with van der Waals surface area (Å²) in [6, 6.07) is 4.76. The van der Waals surface area contributed by atoms with Crippen molar-refractivity contribution < 1.29 is 14.6 Å². The zero-order valence-corrected chi connectivity index (χ0v) is 12.0. The van der Waals surface area contributed by atoms with Crippen molar-refractivity contribution in [1.82, 2.24) is 4.90 Å². The van der Waals surface area contributed by atoms with Gasteiger partial charge in [-0.2, -0.15) is 0 Å². The molecule has 1 amide bonds. The highest BCUT2D eigenvalue weighted by Crippen LogP contribution is 2.21. The van der Waals surface area contributed by atoms with Crippen LogP contribution in [0.2, 0.25) is 10.0 Å². The Balaban J connectivity index is 2.18. The van der Waals surface area contributed by atoms with Gasteiger partial charge in [0, 0.05) is 28.7 Å². The maximum Gasteiger partial charge on any atom is 0.254 e. The van der Waals surface area contributed by atoms with Crippen molar-refractivity contribution in [2.45, 2.75) is 19.1 Å². The van der Waals surface area contributed by atoms with Crippen molar-refractivity contribution in [3.63, 3.8) is 0 Å². The molecule has 2 atom stereocenters. The van der Waals surface area contributed by atoms with Crippen LogP contribution in [0.5, 0.6) is 0 Å². The number of carbonyl (C=O) groups is 1. The van der Waals surface area contributed by atoms with Gasteiger partial charge >= 0.3 is 0 Å². The number of hydrogen-bond acceptors (Lipinski definition) is 3. The Morgan fingerprint density at radius 2 is 2.00 bits per heavy atom. The second-order valence-corrected chi connectivity index (χ2v) is 5.49. The molecule has 0 spiro atoms. The van der Waals surface area contributed by atoms with E-state index in [1.807, 2.05) is 6.92 Å². The third kappa shape index (κ3) is 3.60. The van der Waals surface area contributed by atoms with Crippen molar-refractivity contribution in [3.8, 4) is 0 Å². The number of halogens is 2. The van der Waals surface area contributed by atoms with Gasteiger partial charge in [-0.1, -0.05) is 23.2 Å². The minimum absolute atomic E-state index is 0.107. The molecule has 1 heterocycles. The van der Waals surface area contributed by atoms with Gasteiger partial charge in [0.15, 0.2) is 0 Å². The Kier molecular flexibility index (Phi) is 4.68. The molecule has 1 aromatic carbocycles. The molecule has 2 rings (SSSR count). The molecule has 0 radical (unpaired) electrons. The van der Waals surface area contributed by atoms with Crippen molar-refractivity contribution in [1.29, 1.82) is 0 Å². The predicted molar refractivity (Wildman–Crippen MR) is 73.8 cm³/mol. The normalized spacial score (nSPS) is 23.5. The lowest BCUT2D eigenvalue weighted by molar-refractivity contribution is -0.0858. The van der Waals surface area contributed by atoms with E-state index in [0.29, 0.717) is 28.7 Å². The summed E-state index contributed by atoms with van der Waals surface area (Å²) < 4.78 is 5.50. The fourth-order valence-corrected chi connectivity index (χ4v) is 2.70. The second kappa shape index (κ2) is 6.09. The Bertz CT molecular complexity index is 461. The van der Waals surface area contributed by atoms with Crippen LogP contribution in [0.3, 0.4) is 0 Å². The number of carbonyl (C=O) groups excluding carboxylic acids is 1. The average molecular weight is 304 g/mol. The number of morpholine rings is 1. The number of amides is 1. The maximum absolute atomic E-state index is 12.4. The van der Waals surface area contributed by atoms with Crippen molar-refractivity contribution in [3.05, 3.63) is 33.8 Å². The van der Waals surface area contributed by atoms with Crippen LogP contribution in [0.15, 0.2) is 18.2 Å². The molecular formula is C13H15Cl2NO3. The predicted octanol–water partition coefficient (Wildman–Crippen LogP) is 2.22. The van der Waals surface area contributed by atoms with Gasteiger partial charge in [0.05, 0.1) is 18.8 Å². The van der Waals surface area contributed by atoms with Crippen LogP contribution in [-0.2, 0) is 4.74 Å². The lowest BCUT2D eigenvalue weighted by Crippen LogP contribution is -2.50. The number of rotatable bonds is 2. The molecule has 2 unspecified atom stereocenters. The first-order valence-corrected chi connectivity index (χ1v) is 6.77. The first-order valence-electron chi connectivity index (χ1n) is 6.01. The molecule has 0 aromatic heterocycles. The third-order valence-corrected chi connectivity index (χ3v) is 3.36. The molecule has 1 saturated heterocycles. The topological polar surface area (TPSA) is 49.8 Å². The zero-order chi connectivity index (χ0) is 14.0. The summed E-state index contributed by atoms with van der Waals surface area (Å²) in [7, 11) is 0. The molecular weight excluding hydrogens is 289 g/mol. The van der Waals surface area contributed by atoms with E-state index >= 15 is 0 Å². The van der Waals surface area contributed by atoms with E-state index in [2.05, 4.69) is 0 Å². The van der Waals surface area contributed by atoms with Crippen LogP contribution in [0.1, 0.15) is 17.3 Å². The molecule has 4 nitrogen and oxygen atoms in total. The van der Waals surface area contributed by atoms with Gasteiger partial charge in [-0.05, 0) is 25.1 Å². The second-order valence-electron chi connectivity index (χ2n) is 4.62. The highest BCUT2D eigenvalue weighted by Gasteiger charge is 2.28. The van der Waals surface area contributed by atoms with Crippen LogP contribution in [0, 0.1) is 0 Å². The van der Waals surface area contributed by atoms with E-state index in [4.69, 9.17) is 33.0 Å². The molecule has 19 heavy (non-hydrogen) atoms. The van der Waals surface area contributed by atoms with Crippen LogP contribution in [-0.4, -0.2) is 47.8 Å². The summed E-state index contributed by atoms with van der Waals surface area (Å²) in [5.41, 5.74) is 0.447. The van der Waals surface area contributed by atoms with Gasteiger partial charge in [0.2, 0.25) is 0 Å². The highest BCUT2D eigenvalue weighted by atomic mass is 35.5. The quantitative estimate of drug-likeness (QED) is 0.911. The summed E-state index contributed by atoms with van der Waals surface area (Å²) in [5.74, 6) is -0.155. The molecule has 104 valence electrons. The Hall–Kier alpha value is -0.810. The van der Waals surface area contributed by atoms with Gasteiger partial charge in [0.1, 0.15) is 0 Å². The maximum atomic E-state index is 12.4. The first kappa shape index (κ1) is 14.6. The monoisotopic (exact) mass is 303 g/mol. The van der Waals surface area contributed by atoms with E-state index in [1.165, 1.54) is 0 Å². The Labute approximate surface area is 121 Å². The molecule has 1 aliphatic heterocycles. The molecule has 1 aliphatic rings. The minimum Gasteiger partial charge on any atom is -0.394 e. The molecule has 1 fully saturated rings. The molecule has 6 heteroatoms. The Morgan fingerprint density at radius 3 is 2.58 bits per heavy atom. The largest absolute Gasteiger partial charge is 0.394 e. The molecule has 1 aromatic rings. The smallest absolute Gasteiger partial charge is 0.254 e. The lowest BCUT2D eigenvalue weighted by atomic mass is 10.1. The lowest BCUT2D eigenvalue weighted by Gasteiger charge is -2.36. The Morgan fingerprint density at radius 1 is 1.37 bits per heavy atom. The van der Waals surface area contributed by atoms with Gasteiger partial charge in [0.25, 0.3) is 5.91 Å². The number of nitrogens with zero attached hydrogens (tertiary/aromatic N) is 1. The highest BCUT2D eigenvalue weighted by molar-refractivity contribution is 6.35. The zero-order valence-electron chi connectivity index (χ0n) is 10.5. The number of aliphatic hydroxyl groups excluding tert-OH is 1. The SMILES string of the molecule is CC1CN(C(=O)c2cc(Cl)cc(Cl)c2)CC(CO)O1. The summed E-state index contributed by atoms with van der Waals surface area (Å²) in [6.45, 7) is 2.61. The molecule has 0 aliphatic carbocycles. The van der Waals surface area contributed by atoms with Gasteiger partial charge in [-0.15, -0.1) is 0 Å². The van der Waals surface area contributed by atoms with Crippen molar-refractivity contribution in [2.75, 3.05) is 19.7 Å². The number of hydrogen-bond donors (Lipinski definition) is 1. The molecule has 0 bridgehead atoms. The standard InChI is InChI=1S/C13H15Cl2NO3/c1-8-5-16(6-12(7-17)19-8)13(18)9-2-10(14)4-11(15)3-9/h2-4,8,12,17H,5-7H2,1H3. The number of aliphatic hydroxyl groups is 1. The van der Waals surface area contributed by atoms with Gasteiger partial charge in [-0.3, -0.25) is 4.79 Å². The van der Waals surface area contributed by atoms with E-state index in [9.17, 15) is 4.79 Å². The number of ether oxygens (including phenoxy) is 1. The first-order chi connectivity index (χ1) is 8.99. The number of benzene rings is 1. The van der Waals surface area contributed by atoms with Crippen molar-refractivity contribution >= 4 is 29.1 Å². The average Bonchev–Trinajstić information content (AvgIpc) is 2.35. The van der Waals surface area contributed by atoms with Crippen LogP contribution < -0.4 is 0 Å². The van der Waals surface area contributed by atoms with E-state index in [0.717, 1.165) is 0 Å². The van der Waals surface area contributed by atoms with Crippen LogP contribution in [0.25, 0.3) is 0 Å². The fourth-order valence-electron chi connectivity index (χ4n) is 2.17. The van der Waals surface area contributed by atoms with E-state index in [1.54, 1.807) is 23.1 Å². The summed E-state index contributed by atoms with van der Waals surface area (Å²) in [5, 5.41) is 10.0. The summed E-state index contributed by atoms with van der Waals surface area (Å²) >= 11 is 11.8. The van der Waals surface area contributed by atoms with Gasteiger partial charge < -0.3 is 14.7 Å². The molecule has 0 saturated carbocycles. The van der Waals surface area contributed by atoms with Gasteiger partial charge in [-0.25, -0.2) is 0 Å². The van der Waals surface area contributed by atoms with E-state index in [-0.39, 0.29) is 24.7 Å². The van der Waals surface area contributed by atoms with E-state index < -0.39 is 0 Å². The minimum atomic E-state index is -0.345. The fraction of sp³-hybridized carbons (Fsp3) is 0.462. The van der Waals surface area contributed by atoms with Crippen LogP contribution in [0.4, 0.5) is 0 Å². The summed E-state index contributed by atoms with van der Waals surface area (Å²) in [4.78, 5) is 14.0. The molecule has 1 N–H and O–H groups in total. The van der Waals surface area contributed by atoms with Crippen LogP contribution >= 0.6 is 23.2 Å². The third-order valence-electron chi connectivity index (χ3n) is 2.93. The summed E-state index contributed by atoms with van der Waals surface area (Å²) in [6.07, 6.45) is -0.452.